The summed E-state index contributed by atoms with van der Waals surface area (Å²) in [5, 5.41) is 1.06. The first-order valence-corrected chi connectivity index (χ1v) is 6.65. The van der Waals surface area contributed by atoms with E-state index in [4.69, 9.17) is 0 Å². The van der Waals surface area contributed by atoms with Crippen molar-refractivity contribution in [3.05, 3.63) is 83.5 Å². The number of benzene rings is 1. The molecule has 0 spiro atoms. The molecule has 20 heavy (non-hydrogen) atoms. The van der Waals surface area contributed by atoms with Crippen molar-refractivity contribution in [2.75, 3.05) is 6.54 Å². The predicted molar refractivity (Wildman–Crippen MR) is 84.4 cm³/mol. The van der Waals surface area contributed by atoms with Crippen molar-refractivity contribution in [2.45, 2.75) is 6.92 Å². The van der Waals surface area contributed by atoms with Gasteiger partial charge in [0, 0.05) is 30.5 Å². The van der Waals surface area contributed by atoms with E-state index >= 15 is 0 Å². The fraction of sp³-hybridized carbons (Fsp3) is 0.118. The van der Waals surface area contributed by atoms with Crippen molar-refractivity contribution in [3.63, 3.8) is 0 Å². The van der Waals surface area contributed by atoms with Gasteiger partial charge in [-0.1, -0.05) is 30.4 Å². The van der Waals surface area contributed by atoms with Gasteiger partial charge in [-0.3, -0.25) is 4.79 Å². The van der Waals surface area contributed by atoms with E-state index in [1.165, 1.54) is 6.07 Å². The number of aromatic amines is 1. The number of allylic oxidation sites excluding steroid dienone is 4. The maximum absolute atomic E-state index is 10.8. The summed E-state index contributed by atoms with van der Waals surface area (Å²) < 4.78 is 0. The zero-order valence-corrected chi connectivity index (χ0v) is 11.5. The molecule has 0 saturated carbocycles. The highest BCUT2D eigenvalue weighted by molar-refractivity contribution is 5.77. The van der Waals surface area contributed by atoms with Crippen LogP contribution < -0.4 is 5.56 Å². The van der Waals surface area contributed by atoms with E-state index in [9.17, 15) is 4.79 Å². The normalized spacial score (nSPS) is 12.9. The van der Waals surface area contributed by atoms with Gasteiger partial charge in [-0.15, -0.1) is 0 Å². The Labute approximate surface area is 118 Å². The molecule has 1 aliphatic rings. The highest BCUT2D eigenvalue weighted by Crippen LogP contribution is 2.06. The molecular formula is C17H18N2O. The van der Waals surface area contributed by atoms with Gasteiger partial charge in [0.25, 0.3) is 0 Å². The lowest BCUT2D eigenvalue weighted by atomic mass is 10.2. The fourth-order valence-electron chi connectivity index (χ4n) is 1.81. The average molecular weight is 266 g/mol. The number of H-pyrrole nitrogens is 1. The Balaban J connectivity index is 0.000000151. The molecule has 3 rings (SSSR count). The van der Waals surface area contributed by atoms with E-state index in [-0.39, 0.29) is 5.56 Å². The molecule has 3 nitrogen and oxygen atoms in total. The lowest BCUT2D eigenvalue weighted by Gasteiger charge is -2.09. The Bertz CT molecular complexity index is 679. The summed E-state index contributed by atoms with van der Waals surface area (Å²) in [6.07, 6.45) is 12.2. The highest BCUT2D eigenvalue weighted by Gasteiger charge is 1.89. The summed E-state index contributed by atoms with van der Waals surface area (Å²) in [6.45, 7) is 3.16. The van der Waals surface area contributed by atoms with Crippen LogP contribution in [0.3, 0.4) is 0 Å². The molecule has 3 heteroatoms. The third-order valence-corrected chi connectivity index (χ3v) is 2.89. The van der Waals surface area contributed by atoms with E-state index < -0.39 is 0 Å². The SMILES string of the molecule is CCN1C=CC=CC=C1.O=c1ccc2ccccc2[nH]1. The molecule has 0 fully saturated rings. The van der Waals surface area contributed by atoms with Gasteiger partial charge in [0.05, 0.1) is 0 Å². The summed E-state index contributed by atoms with van der Waals surface area (Å²) in [7, 11) is 0. The number of aromatic nitrogens is 1. The smallest absolute Gasteiger partial charge is 0.248 e. The molecule has 0 aliphatic carbocycles. The van der Waals surface area contributed by atoms with E-state index in [2.05, 4.69) is 29.2 Å². The Kier molecular flexibility index (Phi) is 4.95. The molecule has 2 aromatic rings. The molecule has 0 atom stereocenters. The maximum atomic E-state index is 10.8. The summed E-state index contributed by atoms with van der Waals surface area (Å²) in [6, 6.07) is 11.0. The molecule has 0 radical (unpaired) electrons. The van der Waals surface area contributed by atoms with Gasteiger partial charge >= 0.3 is 0 Å². The fourth-order valence-corrected chi connectivity index (χ4v) is 1.81. The van der Waals surface area contributed by atoms with Gasteiger partial charge in [-0.2, -0.15) is 0 Å². The number of nitrogens with zero attached hydrogens (tertiary/aromatic N) is 1. The molecule has 102 valence electrons. The van der Waals surface area contributed by atoms with Crippen molar-refractivity contribution in [1.29, 1.82) is 0 Å². The van der Waals surface area contributed by atoms with Crippen LogP contribution in [0.1, 0.15) is 6.92 Å². The molecule has 1 aromatic heterocycles. The summed E-state index contributed by atoms with van der Waals surface area (Å²) >= 11 is 0. The van der Waals surface area contributed by atoms with Crippen LogP contribution in [0, 0.1) is 0 Å². The van der Waals surface area contributed by atoms with Crippen LogP contribution in [0.5, 0.6) is 0 Å². The zero-order valence-electron chi connectivity index (χ0n) is 11.5. The molecule has 0 unspecified atom stereocenters. The number of para-hydroxylation sites is 1. The van der Waals surface area contributed by atoms with Crippen LogP contribution in [0.25, 0.3) is 10.9 Å². The number of hydrogen-bond acceptors (Lipinski definition) is 2. The highest BCUT2D eigenvalue weighted by atomic mass is 16.1. The van der Waals surface area contributed by atoms with Gasteiger partial charge in [-0.25, -0.2) is 0 Å². The van der Waals surface area contributed by atoms with Gasteiger partial charge in [0.15, 0.2) is 0 Å². The average Bonchev–Trinajstić information content (AvgIpc) is 2.76. The van der Waals surface area contributed by atoms with Gasteiger partial charge in [0.1, 0.15) is 0 Å². The Morgan fingerprint density at radius 1 is 0.950 bits per heavy atom. The van der Waals surface area contributed by atoms with Crippen molar-refractivity contribution >= 4 is 10.9 Å². The lowest BCUT2D eigenvalue weighted by molar-refractivity contribution is 0.538. The summed E-state index contributed by atoms with van der Waals surface area (Å²) in [4.78, 5) is 15.7. The van der Waals surface area contributed by atoms with Crippen LogP contribution in [-0.2, 0) is 0 Å². The maximum Gasteiger partial charge on any atom is 0.248 e. The molecule has 1 aliphatic heterocycles. The van der Waals surface area contributed by atoms with E-state index in [1.54, 1.807) is 0 Å². The number of nitrogens with one attached hydrogen (secondary N) is 1. The van der Waals surface area contributed by atoms with Gasteiger partial charge < -0.3 is 9.88 Å². The molecule has 0 amide bonds. The van der Waals surface area contributed by atoms with E-state index in [0.29, 0.717) is 0 Å². The summed E-state index contributed by atoms with van der Waals surface area (Å²) in [5.41, 5.74) is 0.837. The topological polar surface area (TPSA) is 36.1 Å². The molecule has 0 saturated heterocycles. The minimum Gasteiger partial charge on any atom is -0.355 e. The number of pyridine rings is 1. The standard InChI is InChI=1S/C9H7NO.C8H11N/c11-9-6-5-7-3-1-2-4-8(7)10-9;1-2-9-7-5-3-4-6-8-9/h1-6H,(H,10,11);3-8H,2H2,1H3. The number of fused-ring (bicyclic) bond motifs is 1. The second-order valence-electron chi connectivity index (χ2n) is 4.31. The van der Waals surface area contributed by atoms with E-state index in [0.717, 1.165) is 17.4 Å². The zero-order chi connectivity index (χ0) is 14.2. The van der Waals surface area contributed by atoms with Crippen molar-refractivity contribution < 1.29 is 0 Å². The largest absolute Gasteiger partial charge is 0.355 e. The van der Waals surface area contributed by atoms with Gasteiger partial charge in [0.2, 0.25) is 5.56 Å². The van der Waals surface area contributed by atoms with Crippen LogP contribution in [0.15, 0.2) is 77.9 Å². The van der Waals surface area contributed by atoms with Crippen molar-refractivity contribution in [2.24, 2.45) is 0 Å². The van der Waals surface area contributed by atoms with E-state index in [1.807, 2.05) is 54.6 Å². The number of rotatable bonds is 1. The first-order chi connectivity index (χ1) is 9.79. The number of hydrogen-bond donors (Lipinski definition) is 1. The van der Waals surface area contributed by atoms with Crippen LogP contribution >= 0.6 is 0 Å². The molecule has 0 bridgehead atoms. The first kappa shape index (κ1) is 13.9. The quantitative estimate of drug-likeness (QED) is 0.858. The third kappa shape index (κ3) is 3.99. The Hall–Kier alpha value is -2.55. The van der Waals surface area contributed by atoms with Crippen molar-refractivity contribution in [1.82, 2.24) is 9.88 Å². The minimum absolute atomic E-state index is 0.0521. The Morgan fingerprint density at radius 2 is 1.65 bits per heavy atom. The predicted octanol–water partition coefficient (Wildman–Crippen LogP) is 3.43. The van der Waals surface area contributed by atoms with Crippen LogP contribution in [0.2, 0.25) is 0 Å². The second-order valence-corrected chi connectivity index (χ2v) is 4.31. The first-order valence-electron chi connectivity index (χ1n) is 6.65. The monoisotopic (exact) mass is 266 g/mol. The lowest BCUT2D eigenvalue weighted by Crippen LogP contribution is -2.06. The van der Waals surface area contributed by atoms with Crippen LogP contribution in [-0.4, -0.2) is 16.4 Å². The molecular weight excluding hydrogens is 248 g/mol. The van der Waals surface area contributed by atoms with Gasteiger partial charge in [-0.05, 0) is 36.6 Å². The minimum atomic E-state index is -0.0521. The molecule has 2 heterocycles. The molecule has 1 N–H and O–H groups in total. The Morgan fingerprint density at radius 3 is 2.35 bits per heavy atom. The van der Waals surface area contributed by atoms with Crippen molar-refractivity contribution in [3.8, 4) is 0 Å². The summed E-state index contributed by atoms with van der Waals surface area (Å²) in [5.74, 6) is 0. The molecule has 1 aromatic carbocycles. The third-order valence-electron chi connectivity index (χ3n) is 2.89. The van der Waals surface area contributed by atoms with Crippen LogP contribution in [0.4, 0.5) is 0 Å². The second kappa shape index (κ2) is 7.14.